The lowest BCUT2D eigenvalue weighted by molar-refractivity contribution is 0.0950. The van der Waals surface area contributed by atoms with Crippen molar-refractivity contribution in [2.75, 3.05) is 39.3 Å². The number of piperazine rings is 1. The Kier molecular flexibility index (Phi) is 6.06. The fourth-order valence-electron chi connectivity index (χ4n) is 3.51. The third-order valence-electron chi connectivity index (χ3n) is 4.91. The molecule has 0 spiro atoms. The number of amides is 1. The zero-order valence-electron chi connectivity index (χ0n) is 15.5. The van der Waals surface area contributed by atoms with Crippen LogP contribution in [0.15, 0.2) is 30.3 Å². The number of carbonyl (C=O) groups excluding carboxylic acids is 1. The van der Waals surface area contributed by atoms with Gasteiger partial charge in [0.15, 0.2) is 0 Å². The predicted molar refractivity (Wildman–Crippen MR) is 101 cm³/mol. The van der Waals surface area contributed by atoms with Crippen LogP contribution in [0.25, 0.3) is 5.69 Å². The molecule has 0 saturated carbocycles. The summed E-state index contributed by atoms with van der Waals surface area (Å²) < 4.78 is 15.1. The summed E-state index contributed by atoms with van der Waals surface area (Å²) in [7, 11) is 0. The molecule has 3 rings (SSSR count). The van der Waals surface area contributed by atoms with Crippen LogP contribution in [-0.4, -0.2) is 54.6 Å². The van der Waals surface area contributed by atoms with Gasteiger partial charge in [-0.05, 0) is 57.1 Å². The number of aryl methyl sites for hydroxylation is 1. The summed E-state index contributed by atoms with van der Waals surface area (Å²) in [4.78, 5) is 15.0. The van der Waals surface area contributed by atoms with Crippen LogP contribution in [0, 0.1) is 19.7 Å². The molecule has 0 aliphatic carbocycles. The van der Waals surface area contributed by atoms with Gasteiger partial charge in [0.25, 0.3) is 5.91 Å². The fourth-order valence-corrected chi connectivity index (χ4v) is 3.51. The van der Waals surface area contributed by atoms with Crippen LogP contribution < -0.4 is 10.6 Å². The molecule has 2 N–H and O–H groups in total. The second kappa shape index (κ2) is 8.47. The van der Waals surface area contributed by atoms with Crippen molar-refractivity contribution >= 4 is 5.91 Å². The number of rotatable bonds is 6. The van der Waals surface area contributed by atoms with Crippen LogP contribution in [0.4, 0.5) is 4.39 Å². The Balaban J connectivity index is 1.59. The standard InChI is InChI=1S/C20H27FN4O/c1-15-14-19(16(2)25(15)18-6-4-17(21)5-7-18)20(26)23-8-3-11-24-12-9-22-10-13-24/h4-7,14,22H,3,8-13H2,1-2H3,(H,23,26). The molecule has 5 nitrogen and oxygen atoms in total. The first kappa shape index (κ1) is 18.6. The molecule has 0 atom stereocenters. The molecule has 1 fully saturated rings. The molecule has 2 aromatic rings. The molecule has 2 heterocycles. The summed E-state index contributed by atoms with van der Waals surface area (Å²) in [5.41, 5.74) is 3.36. The molecule has 1 aromatic carbocycles. The van der Waals surface area contributed by atoms with Crippen molar-refractivity contribution in [3.8, 4) is 5.69 Å². The highest BCUT2D eigenvalue weighted by molar-refractivity contribution is 5.95. The van der Waals surface area contributed by atoms with E-state index < -0.39 is 0 Å². The number of hydrogen-bond donors (Lipinski definition) is 2. The lowest BCUT2D eigenvalue weighted by Gasteiger charge is -2.27. The van der Waals surface area contributed by atoms with Crippen molar-refractivity contribution in [2.45, 2.75) is 20.3 Å². The molecule has 6 heteroatoms. The van der Waals surface area contributed by atoms with Crippen LogP contribution >= 0.6 is 0 Å². The molecule has 140 valence electrons. The molecule has 0 unspecified atom stereocenters. The van der Waals surface area contributed by atoms with Crippen molar-refractivity contribution in [3.05, 3.63) is 53.1 Å². The fraction of sp³-hybridized carbons (Fsp3) is 0.450. The Morgan fingerprint density at radius 1 is 1.19 bits per heavy atom. The number of benzene rings is 1. The number of nitrogens with one attached hydrogen (secondary N) is 2. The minimum atomic E-state index is -0.265. The third-order valence-corrected chi connectivity index (χ3v) is 4.91. The van der Waals surface area contributed by atoms with Gasteiger partial charge in [0, 0.05) is 49.8 Å². The van der Waals surface area contributed by atoms with Crippen molar-refractivity contribution in [2.24, 2.45) is 0 Å². The molecule has 1 aliphatic rings. The Labute approximate surface area is 154 Å². The van der Waals surface area contributed by atoms with E-state index in [-0.39, 0.29) is 11.7 Å². The molecule has 0 radical (unpaired) electrons. The number of carbonyl (C=O) groups is 1. The summed E-state index contributed by atoms with van der Waals surface area (Å²) in [6.45, 7) is 9.80. The first-order valence-electron chi connectivity index (χ1n) is 9.22. The summed E-state index contributed by atoms with van der Waals surface area (Å²) in [6, 6.07) is 8.22. The van der Waals surface area contributed by atoms with E-state index in [9.17, 15) is 9.18 Å². The minimum absolute atomic E-state index is 0.0493. The van der Waals surface area contributed by atoms with E-state index in [1.807, 2.05) is 24.5 Å². The van der Waals surface area contributed by atoms with Crippen molar-refractivity contribution < 1.29 is 9.18 Å². The van der Waals surface area contributed by atoms with Crippen molar-refractivity contribution in [3.63, 3.8) is 0 Å². The normalized spacial score (nSPS) is 15.2. The van der Waals surface area contributed by atoms with Gasteiger partial charge < -0.3 is 20.1 Å². The summed E-state index contributed by atoms with van der Waals surface area (Å²) in [6.07, 6.45) is 0.947. The van der Waals surface area contributed by atoms with E-state index >= 15 is 0 Å². The Hall–Kier alpha value is -2.18. The van der Waals surface area contributed by atoms with E-state index in [2.05, 4.69) is 15.5 Å². The largest absolute Gasteiger partial charge is 0.352 e. The van der Waals surface area contributed by atoms with Crippen LogP contribution in [0.1, 0.15) is 28.2 Å². The quantitative estimate of drug-likeness (QED) is 0.779. The zero-order chi connectivity index (χ0) is 18.5. The van der Waals surface area contributed by atoms with Gasteiger partial charge in [-0.2, -0.15) is 0 Å². The lowest BCUT2D eigenvalue weighted by Crippen LogP contribution is -2.44. The topological polar surface area (TPSA) is 49.3 Å². The van der Waals surface area contributed by atoms with Gasteiger partial charge in [0.1, 0.15) is 5.82 Å². The monoisotopic (exact) mass is 358 g/mol. The average Bonchev–Trinajstić information content (AvgIpc) is 2.95. The molecule has 1 amide bonds. The second-order valence-electron chi connectivity index (χ2n) is 6.80. The van der Waals surface area contributed by atoms with Gasteiger partial charge in [-0.25, -0.2) is 4.39 Å². The van der Waals surface area contributed by atoms with Crippen molar-refractivity contribution in [1.29, 1.82) is 0 Å². The summed E-state index contributed by atoms with van der Waals surface area (Å²) in [5, 5.41) is 6.37. The molecular weight excluding hydrogens is 331 g/mol. The number of hydrogen-bond acceptors (Lipinski definition) is 3. The van der Waals surface area contributed by atoms with Crippen molar-refractivity contribution in [1.82, 2.24) is 20.1 Å². The third kappa shape index (κ3) is 4.31. The number of nitrogens with zero attached hydrogens (tertiary/aromatic N) is 2. The van der Waals surface area contributed by atoms with Crippen LogP contribution in [-0.2, 0) is 0 Å². The first-order chi connectivity index (χ1) is 12.6. The Morgan fingerprint density at radius 2 is 1.88 bits per heavy atom. The Morgan fingerprint density at radius 3 is 2.58 bits per heavy atom. The molecule has 1 aliphatic heterocycles. The average molecular weight is 358 g/mol. The Bertz CT molecular complexity index is 748. The van der Waals surface area contributed by atoms with Gasteiger partial charge in [-0.1, -0.05) is 0 Å². The molecule has 1 saturated heterocycles. The van der Waals surface area contributed by atoms with Gasteiger partial charge >= 0.3 is 0 Å². The molecule has 26 heavy (non-hydrogen) atoms. The van der Waals surface area contributed by atoms with E-state index in [4.69, 9.17) is 0 Å². The number of halogens is 1. The van der Waals surface area contributed by atoms with E-state index in [0.29, 0.717) is 12.1 Å². The highest BCUT2D eigenvalue weighted by atomic mass is 19.1. The smallest absolute Gasteiger partial charge is 0.253 e. The molecular formula is C20H27FN4O. The minimum Gasteiger partial charge on any atom is -0.352 e. The first-order valence-corrected chi connectivity index (χ1v) is 9.22. The maximum absolute atomic E-state index is 13.2. The number of aromatic nitrogens is 1. The SMILES string of the molecule is Cc1cc(C(=O)NCCCN2CCNCC2)c(C)n1-c1ccc(F)cc1. The predicted octanol–water partition coefficient (Wildman–Crippen LogP) is 2.26. The second-order valence-corrected chi connectivity index (χ2v) is 6.80. The maximum atomic E-state index is 13.2. The van der Waals surface area contributed by atoms with E-state index in [1.165, 1.54) is 12.1 Å². The molecule has 1 aromatic heterocycles. The van der Waals surface area contributed by atoms with E-state index in [1.54, 1.807) is 12.1 Å². The summed E-state index contributed by atoms with van der Waals surface area (Å²) in [5.74, 6) is -0.314. The highest BCUT2D eigenvalue weighted by Crippen LogP contribution is 2.21. The zero-order valence-corrected chi connectivity index (χ0v) is 15.5. The van der Waals surface area contributed by atoms with Crippen LogP contribution in [0.3, 0.4) is 0 Å². The summed E-state index contributed by atoms with van der Waals surface area (Å²) >= 11 is 0. The van der Waals surface area contributed by atoms with Crippen LogP contribution in [0.5, 0.6) is 0 Å². The van der Waals surface area contributed by atoms with Crippen LogP contribution in [0.2, 0.25) is 0 Å². The highest BCUT2D eigenvalue weighted by Gasteiger charge is 2.16. The van der Waals surface area contributed by atoms with Gasteiger partial charge in [-0.15, -0.1) is 0 Å². The maximum Gasteiger partial charge on any atom is 0.253 e. The van der Waals surface area contributed by atoms with Gasteiger partial charge in [0.05, 0.1) is 5.56 Å². The molecule has 0 bridgehead atoms. The van der Waals surface area contributed by atoms with Gasteiger partial charge in [-0.3, -0.25) is 4.79 Å². The van der Waals surface area contributed by atoms with Gasteiger partial charge in [0.2, 0.25) is 0 Å². The van der Waals surface area contributed by atoms with E-state index in [0.717, 1.165) is 56.2 Å². The lowest BCUT2D eigenvalue weighted by atomic mass is 10.2.